The summed E-state index contributed by atoms with van der Waals surface area (Å²) >= 11 is 0. The molecule has 0 spiro atoms. The molecule has 0 radical (unpaired) electrons. The maximum Gasteiger partial charge on any atom is 0.141 e. The third-order valence-corrected chi connectivity index (χ3v) is 4.03. The number of aryl methyl sites for hydroxylation is 2. The second-order valence-corrected chi connectivity index (χ2v) is 5.92. The molecule has 0 bridgehead atoms. The predicted molar refractivity (Wildman–Crippen MR) is 83.3 cm³/mol. The Morgan fingerprint density at radius 1 is 1.30 bits per heavy atom. The van der Waals surface area contributed by atoms with E-state index in [1.165, 1.54) is 32.1 Å². The van der Waals surface area contributed by atoms with E-state index < -0.39 is 0 Å². The number of hydrogen-bond donors (Lipinski definition) is 1. The summed E-state index contributed by atoms with van der Waals surface area (Å²) in [6.45, 7) is 7.20. The van der Waals surface area contributed by atoms with Crippen molar-refractivity contribution in [1.82, 2.24) is 10.3 Å². The summed E-state index contributed by atoms with van der Waals surface area (Å²) in [5.74, 6) is 0.941. The molecule has 1 aliphatic rings. The number of nitrogens with one attached hydrogen (secondary N) is 1. The van der Waals surface area contributed by atoms with Crippen LogP contribution in [0.25, 0.3) is 0 Å². The third-order valence-electron chi connectivity index (χ3n) is 4.03. The van der Waals surface area contributed by atoms with Crippen LogP contribution in [-0.2, 0) is 6.42 Å². The molecule has 0 aliphatic heterocycles. The minimum atomic E-state index is 0.187. The van der Waals surface area contributed by atoms with Gasteiger partial charge in [0.05, 0.1) is 5.69 Å². The molecule has 1 aromatic heterocycles. The van der Waals surface area contributed by atoms with E-state index in [0.717, 1.165) is 30.1 Å². The van der Waals surface area contributed by atoms with Gasteiger partial charge in [0.2, 0.25) is 0 Å². The Labute approximate surface area is 123 Å². The molecule has 1 unspecified atom stereocenters. The third kappa shape index (κ3) is 4.48. The highest BCUT2D eigenvalue weighted by molar-refractivity contribution is 5.29. The van der Waals surface area contributed by atoms with Gasteiger partial charge in [0.25, 0.3) is 0 Å². The SMILES string of the molecule is CCc1nc(C)ccc1OC(C)CNC1CCCCC1. The Bertz CT molecular complexity index is 413. The normalized spacial score (nSPS) is 17.9. The van der Waals surface area contributed by atoms with Gasteiger partial charge in [-0.1, -0.05) is 26.2 Å². The number of pyridine rings is 1. The van der Waals surface area contributed by atoms with Gasteiger partial charge in [-0.25, -0.2) is 0 Å². The molecule has 112 valence electrons. The lowest BCUT2D eigenvalue weighted by molar-refractivity contribution is 0.202. The standard InChI is InChI=1S/C17H28N2O/c1-4-16-17(11-10-13(2)19-16)20-14(3)12-18-15-8-6-5-7-9-15/h10-11,14-15,18H,4-9,12H2,1-3H3. The Morgan fingerprint density at radius 2 is 2.05 bits per heavy atom. The molecule has 0 saturated heterocycles. The van der Waals surface area contributed by atoms with Crippen molar-refractivity contribution in [2.24, 2.45) is 0 Å². The second kappa shape index (κ2) is 7.63. The van der Waals surface area contributed by atoms with Gasteiger partial charge >= 0.3 is 0 Å². The van der Waals surface area contributed by atoms with Crippen LogP contribution in [0.3, 0.4) is 0 Å². The molecular formula is C17H28N2O. The lowest BCUT2D eigenvalue weighted by Crippen LogP contribution is -2.37. The number of rotatable bonds is 6. The zero-order chi connectivity index (χ0) is 14.4. The molecule has 0 aromatic carbocycles. The van der Waals surface area contributed by atoms with Crippen molar-refractivity contribution in [3.8, 4) is 5.75 Å². The van der Waals surface area contributed by atoms with Crippen molar-refractivity contribution in [2.45, 2.75) is 71.4 Å². The molecule has 1 saturated carbocycles. The fraction of sp³-hybridized carbons (Fsp3) is 0.706. The largest absolute Gasteiger partial charge is 0.487 e. The first kappa shape index (κ1) is 15.3. The summed E-state index contributed by atoms with van der Waals surface area (Å²) in [5.41, 5.74) is 2.12. The minimum absolute atomic E-state index is 0.187. The quantitative estimate of drug-likeness (QED) is 0.861. The highest BCUT2D eigenvalue weighted by Crippen LogP contribution is 2.20. The van der Waals surface area contributed by atoms with Crippen molar-refractivity contribution >= 4 is 0 Å². The predicted octanol–water partition coefficient (Wildman–Crippen LogP) is 3.64. The summed E-state index contributed by atoms with van der Waals surface area (Å²) in [4.78, 5) is 4.55. The monoisotopic (exact) mass is 276 g/mol. The minimum Gasteiger partial charge on any atom is -0.487 e. The van der Waals surface area contributed by atoms with Crippen LogP contribution in [0.5, 0.6) is 5.75 Å². The summed E-state index contributed by atoms with van der Waals surface area (Å²) in [7, 11) is 0. The zero-order valence-corrected chi connectivity index (χ0v) is 13.1. The number of ether oxygens (including phenoxy) is 1. The molecule has 0 amide bonds. The van der Waals surface area contributed by atoms with E-state index in [1.807, 2.05) is 13.0 Å². The summed E-state index contributed by atoms with van der Waals surface area (Å²) in [6.07, 6.45) is 7.88. The number of hydrogen-bond acceptors (Lipinski definition) is 3. The number of aromatic nitrogens is 1. The van der Waals surface area contributed by atoms with Gasteiger partial charge in [0, 0.05) is 18.3 Å². The van der Waals surface area contributed by atoms with Crippen LogP contribution in [-0.4, -0.2) is 23.7 Å². The van der Waals surface area contributed by atoms with E-state index >= 15 is 0 Å². The first-order valence-electron chi connectivity index (χ1n) is 8.05. The Morgan fingerprint density at radius 3 is 2.75 bits per heavy atom. The van der Waals surface area contributed by atoms with E-state index in [-0.39, 0.29) is 6.10 Å². The molecule has 1 atom stereocenters. The summed E-state index contributed by atoms with van der Waals surface area (Å²) in [5, 5.41) is 3.65. The van der Waals surface area contributed by atoms with E-state index in [4.69, 9.17) is 4.74 Å². The molecule has 1 fully saturated rings. The molecular weight excluding hydrogens is 248 g/mol. The molecule has 1 N–H and O–H groups in total. The van der Waals surface area contributed by atoms with Gasteiger partial charge in [0.15, 0.2) is 0 Å². The maximum atomic E-state index is 6.06. The van der Waals surface area contributed by atoms with E-state index in [9.17, 15) is 0 Å². The van der Waals surface area contributed by atoms with E-state index in [2.05, 4.69) is 30.2 Å². The van der Waals surface area contributed by atoms with Gasteiger partial charge < -0.3 is 10.1 Å². The first-order chi connectivity index (χ1) is 9.69. The smallest absolute Gasteiger partial charge is 0.141 e. The van der Waals surface area contributed by atoms with E-state index in [0.29, 0.717) is 6.04 Å². The van der Waals surface area contributed by atoms with Crippen LogP contribution in [0.2, 0.25) is 0 Å². The first-order valence-corrected chi connectivity index (χ1v) is 8.05. The van der Waals surface area contributed by atoms with Gasteiger partial charge in [-0.05, 0) is 45.2 Å². The Hall–Kier alpha value is -1.09. The summed E-state index contributed by atoms with van der Waals surface area (Å²) in [6, 6.07) is 4.77. The van der Waals surface area contributed by atoms with Crippen LogP contribution in [0, 0.1) is 6.92 Å². The summed E-state index contributed by atoms with van der Waals surface area (Å²) < 4.78 is 6.06. The molecule has 1 aromatic rings. The van der Waals surface area contributed by atoms with Crippen molar-refractivity contribution in [3.05, 3.63) is 23.5 Å². The average molecular weight is 276 g/mol. The molecule has 2 rings (SSSR count). The lowest BCUT2D eigenvalue weighted by atomic mass is 9.95. The molecule has 3 heteroatoms. The molecule has 1 heterocycles. The highest BCUT2D eigenvalue weighted by Gasteiger charge is 2.15. The average Bonchev–Trinajstić information content (AvgIpc) is 2.48. The zero-order valence-electron chi connectivity index (χ0n) is 13.1. The van der Waals surface area contributed by atoms with Gasteiger partial charge in [-0.15, -0.1) is 0 Å². The fourth-order valence-corrected chi connectivity index (χ4v) is 2.86. The van der Waals surface area contributed by atoms with Crippen molar-refractivity contribution in [1.29, 1.82) is 0 Å². The molecule has 20 heavy (non-hydrogen) atoms. The lowest BCUT2D eigenvalue weighted by Gasteiger charge is -2.25. The second-order valence-electron chi connectivity index (χ2n) is 5.92. The number of nitrogens with zero attached hydrogens (tertiary/aromatic N) is 1. The van der Waals surface area contributed by atoms with Crippen molar-refractivity contribution < 1.29 is 4.74 Å². The van der Waals surface area contributed by atoms with Crippen molar-refractivity contribution in [2.75, 3.05) is 6.54 Å². The van der Waals surface area contributed by atoms with Crippen LogP contribution in [0.1, 0.15) is 57.3 Å². The Kier molecular flexibility index (Phi) is 5.84. The van der Waals surface area contributed by atoms with Crippen LogP contribution >= 0.6 is 0 Å². The van der Waals surface area contributed by atoms with Crippen LogP contribution < -0.4 is 10.1 Å². The fourth-order valence-electron chi connectivity index (χ4n) is 2.86. The highest BCUT2D eigenvalue weighted by atomic mass is 16.5. The topological polar surface area (TPSA) is 34.1 Å². The molecule has 3 nitrogen and oxygen atoms in total. The van der Waals surface area contributed by atoms with Crippen LogP contribution in [0.15, 0.2) is 12.1 Å². The van der Waals surface area contributed by atoms with Crippen LogP contribution in [0.4, 0.5) is 0 Å². The van der Waals surface area contributed by atoms with Gasteiger partial charge in [-0.3, -0.25) is 4.98 Å². The van der Waals surface area contributed by atoms with Gasteiger partial charge in [0.1, 0.15) is 11.9 Å². The molecule has 1 aliphatic carbocycles. The van der Waals surface area contributed by atoms with Crippen molar-refractivity contribution in [3.63, 3.8) is 0 Å². The van der Waals surface area contributed by atoms with Gasteiger partial charge in [-0.2, -0.15) is 0 Å². The maximum absolute atomic E-state index is 6.06. The van der Waals surface area contributed by atoms with E-state index in [1.54, 1.807) is 0 Å². The Balaban J connectivity index is 1.82.